The number of ketones is 1. The Morgan fingerprint density at radius 1 is 1.22 bits per heavy atom. The molecule has 0 radical (unpaired) electrons. The number of benzene rings is 1. The van der Waals surface area contributed by atoms with E-state index in [0.717, 1.165) is 10.9 Å². The van der Waals surface area contributed by atoms with E-state index in [-0.39, 0.29) is 6.42 Å². The number of aromatic amines is 1. The number of aromatic nitrogens is 1. The van der Waals surface area contributed by atoms with Crippen molar-refractivity contribution in [2.24, 2.45) is 5.92 Å². The molecule has 0 bridgehead atoms. The third kappa shape index (κ3) is 3.88. The highest BCUT2D eigenvalue weighted by Gasteiger charge is 2.34. The zero-order valence-corrected chi connectivity index (χ0v) is 12.6. The zero-order chi connectivity index (χ0) is 17.0. The second-order valence-electron chi connectivity index (χ2n) is 5.25. The molecule has 1 heterocycles. The van der Waals surface area contributed by atoms with E-state index in [1.54, 1.807) is 13.0 Å². The summed E-state index contributed by atoms with van der Waals surface area (Å²) >= 11 is 0. The van der Waals surface area contributed by atoms with Crippen LogP contribution in [0.2, 0.25) is 0 Å². The van der Waals surface area contributed by atoms with Crippen molar-refractivity contribution in [1.29, 1.82) is 0 Å². The van der Waals surface area contributed by atoms with E-state index in [2.05, 4.69) is 10.3 Å². The Kier molecular flexibility index (Phi) is 5.00. The Labute approximate surface area is 132 Å². The van der Waals surface area contributed by atoms with Crippen LogP contribution in [0.1, 0.15) is 19.8 Å². The van der Waals surface area contributed by atoms with Crippen LogP contribution in [0.15, 0.2) is 30.3 Å². The van der Waals surface area contributed by atoms with Crippen molar-refractivity contribution < 1.29 is 24.6 Å². The number of anilines is 1. The van der Waals surface area contributed by atoms with Gasteiger partial charge in [0.25, 0.3) is 0 Å². The van der Waals surface area contributed by atoms with Crippen molar-refractivity contribution in [3.05, 3.63) is 30.3 Å². The molecule has 0 aliphatic heterocycles. The molecular formula is C16H18N2O5. The summed E-state index contributed by atoms with van der Waals surface area (Å²) in [6.45, 7) is 1.58. The van der Waals surface area contributed by atoms with Crippen LogP contribution in [0.3, 0.4) is 0 Å². The third-order valence-corrected chi connectivity index (χ3v) is 3.67. The van der Waals surface area contributed by atoms with Crippen molar-refractivity contribution in [3.8, 4) is 0 Å². The number of rotatable bonds is 8. The van der Waals surface area contributed by atoms with Crippen LogP contribution in [-0.4, -0.2) is 39.0 Å². The third-order valence-electron chi connectivity index (χ3n) is 3.67. The van der Waals surface area contributed by atoms with Crippen LogP contribution in [0, 0.1) is 5.92 Å². The van der Waals surface area contributed by atoms with Gasteiger partial charge >= 0.3 is 11.9 Å². The predicted molar refractivity (Wildman–Crippen MR) is 84.4 cm³/mol. The molecule has 0 saturated heterocycles. The first-order valence-electron chi connectivity index (χ1n) is 7.24. The fourth-order valence-corrected chi connectivity index (χ4v) is 2.52. The van der Waals surface area contributed by atoms with Gasteiger partial charge in [-0.1, -0.05) is 25.1 Å². The maximum atomic E-state index is 12.0. The van der Waals surface area contributed by atoms with Crippen LogP contribution in [0.25, 0.3) is 10.9 Å². The molecule has 7 nitrogen and oxygen atoms in total. The molecule has 0 fully saturated rings. The number of para-hydroxylation sites is 1. The second kappa shape index (κ2) is 6.95. The largest absolute Gasteiger partial charge is 0.481 e. The molecule has 0 amide bonds. The highest BCUT2D eigenvalue weighted by molar-refractivity contribution is 5.93. The first-order chi connectivity index (χ1) is 10.9. The number of carbonyl (C=O) groups is 3. The molecule has 1 aromatic carbocycles. The molecule has 2 atom stereocenters. The monoisotopic (exact) mass is 318 g/mol. The number of carbonyl (C=O) groups excluding carboxylic acids is 1. The highest BCUT2D eigenvalue weighted by Crippen LogP contribution is 2.22. The predicted octanol–water partition coefficient (Wildman–Crippen LogP) is 2.10. The summed E-state index contributed by atoms with van der Waals surface area (Å²) in [5.41, 5.74) is 0.816. The molecule has 23 heavy (non-hydrogen) atoms. The summed E-state index contributed by atoms with van der Waals surface area (Å²) in [6, 6.07) is 7.79. The quantitative estimate of drug-likeness (QED) is 0.592. The van der Waals surface area contributed by atoms with Gasteiger partial charge in [-0.15, -0.1) is 0 Å². The van der Waals surface area contributed by atoms with E-state index in [1.165, 1.54) is 0 Å². The molecular weight excluding hydrogens is 300 g/mol. The summed E-state index contributed by atoms with van der Waals surface area (Å²) < 4.78 is 0. The van der Waals surface area contributed by atoms with Crippen LogP contribution >= 0.6 is 0 Å². The van der Waals surface area contributed by atoms with Gasteiger partial charge in [-0.25, -0.2) is 4.79 Å². The lowest BCUT2D eigenvalue weighted by Crippen LogP contribution is -2.42. The molecule has 4 N–H and O–H groups in total. The van der Waals surface area contributed by atoms with Crippen molar-refractivity contribution in [2.45, 2.75) is 25.8 Å². The van der Waals surface area contributed by atoms with E-state index in [4.69, 9.17) is 5.11 Å². The van der Waals surface area contributed by atoms with Crippen molar-refractivity contribution >= 4 is 34.4 Å². The van der Waals surface area contributed by atoms with Gasteiger partial charge in [-0.05, 0) is 12.1 Å². The number of carboxylic acids is 2. The summed E-state index contributed by atoms with van der Waals surface area (Å²) in [7, 11) is 0. The first kappa shape index (κ1) is 16.5. The van der Waals surface area contributed by atoms with Crippen molar-refractivity contribution in [2.75, 3.05) is 5.32 Å². The maximum Gasteiger partial charge on any atom is 0.326 e. The molecule has 0 aliphatic rings. The standard InChI is InChI=1S/C16H18N2O5/c1-2-12(19)10(8-14(20)21)15(16(22)23)18-13-7-9-5-3-4-6-11(9)17-13/h3-7,10,15,17-18H,2,8H2,1H3,(H,20,21)(H,22,23)/t10?,15-/m0/s1. The van der Waals surface area contributed by atoms with E-state index in [9.17, 15) is 19.5 Å². The zero-order valence-electron chi connectivity index (χ0n) is 12.6. The topological polar surface area (TPSA) is 119 Å². The highest BCUT2D eigenvalue weighted by atomic mass is 16.4. The first-order valence-corrected chi connectivity index (χ1v) is 7.24. The molecule has 0 aliphatic carbocycles. The van der Waals surface area contributed by atoms with Gasteiger partial charge in [0.15, 0.2) is 0 Å². The summed E-state index contributed by atoms with van der Waals surface area (Å²) in [4.78, 5) is 37.5. The van der Waals surface area contributed by atoms with E-state index in [1.807, 2.05) is 24.3 Å². The Bertz CT molecular complexity index is 704. The van der Waals surface area contributed by atoms with E-state index >= 15 is 0 Å². The fourth-order valence-electron chi connectivity index (χ4n) is 2.52. The molecule has 122 valence electrons. The molecule has 2 aromatic rings. The molecule has 7 heteroatoms. The Morgan fingerprint density at radius 2 is 1.91 bits per heavy atom. The minimum Gasteiger partial charge on any atom is -0.481 e. The normalized spacial score (nSPS) is 13.4. The number of aliphatic carboxylic acids is 2. The smallest absolute Gasteiger partial charge is 0.326 e. The van der Waals surface area contributed by atoms with E-state index < -0.39 is 36.1 Å². The average molecular weight is 318 g/mol. The summed E-state index contributed by atoms with van der Waals surface area (Å²) in [5.74, 6) is -3.58. The van der Waals surface area contributed by atoms with Gasteiger partial charge in [-0.2, -0.15) is 0 Å². The van der Waals surface area contributed by atoms with Crippen molar-refractivity contribution in [1.82, 2.24) is 4.98 Å². The number of hydrogen-bond acceptors (Lipinski definition) is 4. The van der Waals surface area contributed by atoms with Gasteiger partial charge in [0.1, 0.15) is 17.6 Å². The van der Waals surface area contributed by atoms with Crippen LogP contribution in [0.4, 0.5) is 5.82 Å². The number of carboxylic acid groups (broad SMARTS) is 2. The van der Waals surface area contributed by atoms with Crippen LogP contribution in [-0.2, 0) is 14.4 Å². The van der Waals surface area contributed by atoms with Gasteiger partial charge in [0, 0.05) is 17.3 Å². The lowest BCUT2D eigenvalue weighted by atomic mass is 9.90. The number of H-pyrrole nitrogens is 1. The van der Waals surface area contributed by atoms with Gasteiger partial charge < -0.3 is 20.5 Å². The molecule has 1 aromatic heterocycles. The van der Waals surface area contributed by atoms with E-state index in [0.29, 0.717) is 5.82 Å². The molecule has 2 rings (SSSR count). The minimum absolute atomic E-state index is 0.0795. The Balaban J connectivity index is 2.30. The maximum absolute atomic E-state index is 12.0. The number of fused-ring (bicyclic) bond motifs is 1. The molecule has 0 spiro atoms. The molecule has 0 saturated carbocycles. The summed E-state index contributed by atoms with van der Waals surface area (Å²) in [5, 5.41) is 22.0. The average Bonchev–Trinajstić information content (AvgIpc) is 2.91. The van der Waals surface area contributed by atoms with Crippen molar-refractivity contribution in [3.63, 3.8) is 0 Å². The summed E-state index contributed by atoms with van der Waals surface area (Å²) in [6.07, 6.45) is -0.451. The lowest BCUT2D eigenvalue weighted by molar-refractivity contribution is -0.145. The Morgan fingerprint density at radius 3 is 2.48 bits per heavy atom. The van der Waals surface area contributed by atoms with Crippen LogP contribution in [0.5, 0.6) is 0 Å². The number of Topliss-reactive ketones (excluding diaryl/α,β-unsaturated/α-hetero) is 1. The minimum atomic E-state index is -1.31. The van der Waals surface area contributed by atoms with Gasteiger partial charge in [0.2, 0.25) is 0 Å². The van der Waals surface area contributed by atoms with Crippen LogP contribution < -0.4 is 5.32 Å². The second-order valence-corrected chi connectivity index (χ2v) is 5.25. The Hall–Kier alpha value is -2.83. The van der Waals surface area contributed by atoms with Gasteiger partial charge in [0.05, 0.1) is 12.3 Å². The number of hydrogen-bond donors (Lipinski definition) is 4. The number of nitrogens with one attached hydrogen (secondary N) is 2. The van der Waals surface area contributed by atoms with Gasteiger partial charge in [-0.3, -0.25) is 9.59 Å². The lowest BCUT2D eigenvalue weighted by Gasteiger charge is -2.22. The SMILES string of the molecule is CCC(=O)C(CC(=O)O)[C@H](Nc1cc2ccccc2[nH]1)C(=O)O. The fraction of sp³-hybridized carbons (Fsp3) is 0.312. The molecule has 1 unspecified atom stereocenters.